The number of fused-ring (bicyclic) bond motifs is 2. The number of amides is 1. The van der Waals surface area contributed by atoms with E-state index in [-0.39, 0.29) is 17.1 Å². The van der Waals surface area contributed by atoms with Crippen molar-refractivity contribution in [2.75, 3.05) is 53.1 Å². The molecule has 37 heavy (non-hydrogen) atoms. The molecular formula is C28H31ClN2O6. The number of carbonyl (C=O) groups excluding carboxylic acids is 1. The van der Waals surface area contributed by atoms with Crippen LogP contribution in [0.5, 0.6) is 11.5 Å². The first-order chi connectivity index (χ1) is 17.9. The first-order valence-electron chi connectivity index (χ1n) is 12.6. The van der Waals surface area contributed by atoms with Gasteiger partial charge in [0.2, 0.25) is 5.76 Å². The van der Waals surface area contributed by atoms with E-state index in [0.29, 0.717) is 71.9 Å². The van der Waals surface area contributed by atoms with Gasteiger partial charge in [-0.1, -0.05) is 31.5 Å². The van der Waals surface area contributed by atoms with Gasteiger partial charge in [-0.3, -0.25) is 14.5 Å². The van der Waals surface area contributed by atoms with Crippen LogP contribution >= 0.6 is 11.6 Å². The Hall–Kier alpha value is -3.07. The van der Waals surface area contributed by atoms with Crippen molar-refractivity contribution in [3.05, 3.63) is 68.5 Å². The number of hydrogen-bond acceptors (Lipinski definition) is 7. The zero-order chi connectivity index (χ0) is 26.1. The average molecular weight is 527 g/mol. The molecule has 3 aromatic rings. The smallest absolute Gasteiger partial charge is 0.290 e. The molecule has 3 heterocycles. The predicted molar refractivity (Wildman–Crippen MR) is 141 cm³/mol. The average Bonchev–Trinajstić information content (AvgIpc) is 3.18. The van der Waals surface area contributed by atoms with Gasteiger partial charge in [0.05, 0.1) is 43.9 Å². The van der Waals surface area contributed by atoms with Crippen LogP contribution in [0.4, 0.5) is 0 Å². The highest BCUT2D eigenvalue weighted by atomic mass is 35.5. The minimum Gasteiger partial charge on any atom is -0.493 e. The summed E-state index contributed by atoms with van der Waals surface area (Å²) >= 11 is 6.19. The minimum atomic E-state index is -0.628. The third-order valence-corrected chi connectivity index (χ3v) is 7.00. The number of carbonyl (C=O) groups is 1. The van der Waals surface area contributed by atoms with Gasteiger partial charge in [0.15, 0.2) is 16.9 Å². The highest BCUT2D eigenvalue weighted by molar-refractivity contribution is 6.31. The fourth-order valence-corrected chi connectivity index (χ4v) is 5.05. The summed E-state index contributed by atoms with van der Waals surface area (Å²) in [6, 6.07) is 9.79. The molecule has 2 aromatic carbocycles. The topological polar surface area (TPSA) is 81.5 Å². The van der Waals surface area contributed by atoms with E-state index in [1.807, 2.05) is 18.2 Å². The lowest BCUT2D eigenvalue weighted by molar-refractivity contribution is 0.0314. The summed E-state index contributed by atoms with van der Waals surface area (Å²) < 4.78 is 23.0. The predicted octanol–water partition coefficient (Wildman–Crippen LogP) is 4.37. The van der Waals surface area contributed by atoms with Crippen LogP contribution in [-0.4, -0.2) is 68.8 Å². The van der Waals surface area contributed by atoms with Gasteiger partial charge in [-0.25, -0.2) is 0 Å². The zero-order valence-corrected chi connectivity index (χ0v) is 22.0. The Balaban J connectivity index is 1.59. The standard InChI is InChI=1S/C28H31ClN2O6/c1-17(2)16-36-22-6-4-18(14-23(22)34-3)25-24-26(32)20-15-19(29)5-7-21(20)37-27(24)28(33)31(25)9-8-30-10-12-35-13-11-30/h4-7,14-15,17,25H,8-13,16H2,1-3H3. The maximum atomic E-state index is 13.8. The summed E-state index contributed by atoms with van der Waals surface area (Å²) in [6.07, 6.45) is 0. The molecule has 2 aliphatic heterocycles. The minimum absolute atomic E-state index is 0.0749. The zero-order valence-electron chi connectivity index (χ0n) is 21.3. The first-order valence-corrected chi connectivity index (χ1v) is 12.9. The number of methoxy groups -OCH3 is 1. The molecule has 1 amide bonds. The SMILES string of the molecule is COc1cc(C2c3c(oc4ccc(Cl)cc4c3=O)C(=O)N2CCN2CCOCC2)ccc1OCC(C)C. The van der Waals surface area contributed by atoms with Crippen LogP contribution in [0, 0.1) is 5.92 Å². The summed E-state index contributed by atoms with van der Waals surface area (Å²) in [5.74, 6) is 1.28. The van der Waals surface area contributed by atoms with Crippen LogP contribution in [0.1, 0.15) is 41.6 Å². The van der Waals surface area contributed by atoms with Crippen LogP contribution in [0.3, 0.4) is 0 Å². The van der Waals surface area contributed by atoms with E-state index in [4.69, 9.17) is 30.2 Å². The second kappa shape index (κ2) is 10.7. The summed E-state index contributed by atoms with van der Waals surface area (Å²) in [5, 5.41) is 0.779. The summed E-state index contributed by atoms with van der Waals surface area (Å²) in [5.41, 5.74) is 1.14. The van der Waals surface area contributed by atoms with Crippen LogP contribution in [-0.2, 0) is 4.74 Å². The van der Waals surface area contributed by atoms with Gasteiger partial charge >= 0.3 is 0 Å². The molecule has 9 heteroatoms. The van der Waals surface area contributed by atoms with E-state index in [1.54, 1.807) is 30.2 Å². The van der Waals surface area contributed by atoms with E-state index < -0.39 is 6.04 Å². The largest absolute Gasteiger partial charge is 0.493 e. The monoisotopic (exact) mass is 526 g/mol. The van der Waals surface area contributed by atoms with Gasteiger partial charge in [-0.2, -0.15) is 0 Å². The number of hydrogen-bond donors (Lipinski definition) is 0. The van der Waals surface area contributed by atoms with E-state index in [9.17, 15) is 9.59 Å². The summed E-state index contributed by atoms with van der Waals surface area (Å²) in [6.45, 7) is 8.71. The number of morpholine rings is 1. The molecule has 1 atom stereocenters. The molecule has 0 radical (unpaired) electrons. The van der Waals surface area contributed by atoms with Gasteiger partial charge in [0.25, 0.3) is 5.91 Å². The third-order valence-electron chi connectivity index (χ3n) is 6.76. The number of benzene rings is 2. The van der Waals surface area contributed by atoms with Crippen molar-refractivity contribution in [1.82, 2.24) is 9.80 Å². The Bertz CT molecular complexity index is 1360. The number of rotatable bonds is 8. The second-order valence-electron chi connectivity index (χ2n) is 9.78. The molecule has 196 valence electrons. The Kier molecular flexibility index (Phi) is 7.42. The van der Waals surface area contributed by atoms with E-state index in [1.165, 1.54) is 0 Å². The van der Waals surface area contributed by atoms with E-state index >= 15 is 0 Å². The third kappa shape index (κ3) is 5.06. The molecule has 1 aromatic heterocycles. The molecule has 1 fully saturated rings. The quantitative estimate of drug-likeness (QED) is 0.431. The Morgan fingerprint density at radius 3 is 2.57 bits per heavy atom. The number of nitrogens with zero attached hydrogens (tertiary/aromatic N) is 2. The van der Waals surface area contributed by atoms with Gasteiger partial charge in [0.1, 0.15) is 5.58 Å². The van der Waals surface area contributed by atoms with Crippen molar-refractivity contribution in [2.45, 2.75) is 19.9 Å². The molecule has 5 rings (SSSR count). The molecule has 0 N–H and O–H groups in total. The van der Waals surface area contributed by atoms with E-state index in [0.717, 1.165) is 18.7 Å². The fraction of sp³-hybridized carbons (Fsp3) is 0.429. The first kappa shape index (κ1) is 25.6. The lowest BCUT2D eigenvalue weighted by Crippen LogP contribution is -2.42. The van der Waals surface area contributed by atoms with Crippen molar-refractivity contribution in [3.8, 4) is 11.5 Å². The maximum absolute atomic E-state index is 13.8. The Morgan fingerprint density at radius 1 is 1.05 bits per heavy atom. The molecular weight excluding hydrogens is 496 g/mol. The molecule has 0 aliphatic carbocycles. The van der Waals surface area contributed by atoms with Crippen LogP contribution < -0.4 is 14.9 Å². The lowest BCUT2D eigenvalue weighted by atomic mass is 9.98. The highest BCUT2D eigenvalue weighted by Crippen LogP contribution is 2.41. The van der Waals surface area contributed by atoms with Crippen LogP contribution in [0.15, 0.2) is 45.6 Å². The van der Waals surface area contributed by atoms with Crippen molar-refractivity contribution in [2.24, 2.45) is 5.92 Å². The van der Waals surface area contributed by atoms with Gasteiger partial charge in [-0.05, 0) is 41.8 Å². The molecule has 1 unspecified atom stereocenters. The Morgan fingerprint density at radius 2 is 1.84 bits per heavy atom. The molecule has 0 spiro atoms. The van der Waals surface area contributed by atoms with Crippen molar-refractivity contribution in [3.63, 3.8) is 0 Å². The number of ether oxygens (including phenoxy) is 3. The second-order valence-corrected chi connectivity index (χ2v) is 10.2. The van der Waals surface area contributed by atoms with Gasteiger partial charge in [0, 0.05) is 31.2 Å². The summed E-state index contributed by atoms with van der Waals surface area (Å²) in [7, 11) is 1.58. The molecule has 8 nitrogen and oxygen atoms in total. The molecule has 0 bridgehead atoms. The highest BCUT2D eigenvalue weighted by Gasteiger charge is 2.43. The Labute approximate surface area is 220 Å². The fourth-order valence-electron chi connectivity index (χ4n) is 4.87. The van der Waals surface area contributed by atoms with Crippen molar-refractivity contribution in [1.29, 1.82) is 0 Å². The van der Waals surface area contributed by atoms with E-state index in [2.05, 4.69) is 18.7 Å². The van der Waals surface area contributed by atoms with Crippen LogP contribution in [0.2, 0.25) is 5.02 Å². The lowest BCUT2D eigenvalue weighted by Gasteiger charge is -2.31. The van der Waals surface area contributed by atoms with Crippen molar-refractivity contribution < 1.29 is 23.4 Å². The van der Waals surface area contributed by atoms with Crippen LogP contribution in [0.25, 0.3) is 11.0 Å². The normalized spacial score (nSPS) is 18.0. The molecule has 0 saturated carbocycles. The maximum Gasteiger partial charge on any atom is 0.290 e. The van der Waals surface area contributed by atoms with Gasteiger partial charge < -0.3 is 23.5 Å². The molecule has 2 aliphatic rings. The van der Waals surface area contributed by atoms with Crippen molar-refractivity contribution >= 4 is 28.5 Å². The van der Waals surface area contributed by atoms with Gasteiger partial charge in [-0.15, -0.1) is 0 Å². The number of halogens is 1. The molecule has 1 saturated heterocycles. The summed E-state index contributed by atoms with van der Waals surface area (Å²) in [4.78, 5) is 31.4.